The molecule has 1 saturated heterocycles. The molecular weight excluding hydrogens is 310 g/mol. The number of thiocarbonyl (C=S) groups is 1. The topological polar surface area (TPSA) is 78.4 Å². The Balaban J connectivity index is 2.10. The summed E-state index contributed by atoms with van der Waals surface area (Å²) < 4.78 is 5.09. The first-order valence-electron chi connectivity index (χ1n) is 7.47. The molecule has 23 heavy (non-hydrogen) atoms. The van der Waals surface area contributed by atoms with Gasteiger partial charge in [-0.15, -0.1) is 0 Å². The van der Waals surface area contributed by atoms with E-state index < -0.39 is 0 Å². The summed E-state index contributed by atoms with van der Waals surface area (Å²) in [7, 11) is 1.61. The third kappa shape index (κ3) is 4.11. The Labute approximate surface area is 142 Å². The number of methoxy groups -OCH3 is 1. The van der Waals surface area contributed by atoms with Crippen LogP contribution in [0.1, 0.15) is 13.3 Å². The molecule has 1 aliphatic heterocycles. The number of hydrogen-bond acceptors (Lipinski definition) is 6. The molecule has 0 amide bonds. The first kappa shape index (κ1) is 17.0. The van der Waals surface area contributed by atoms with Crippen molar-refractivity contribution in [1.29, 1.82) is 5.26 Å². The molecule has 0 aromatic carbocycles. The molecule has 0 atom stereocenters. The highest BCUT2D eigenvalue weighted by atomic mass is 32.1. The zero-order chi connectivity index (χ0) is 16.8. The van der Waals surface area contributed by atoms with Crippen LogP contribution in [-0.4, -0.2) is 48.2 Å². The summed E-state index contributed by atoms with van der Waals surface area (Å²) in [6.07, 6.45) is 2.81. The normalized spacial score (nSPS) is 16.2. The van der Waals surface area contributed by atoms with Crippen molar-refractivity contribution in [3.8, 4) is 11.9 Å². The minimum absolute atomic E-state index is 0.158. The number of nitrogens with zero attached hydrogens (tertiary/aromatic N) is 4. The molecule has 2 rings (SSSR count). The Hall–Kier alpha value is -2.33. The van der Waals surface area contributed by atoms with Crippen LogP contribution < -0.4 is 15.4 Å². The van der Waals surface area contributed by atoms with E-state index in [2.05, 4.69) is 20.9 Å². The lowest BCUT2D eigenvalue weighted by atomic mass is 10.2. The van der Waals surface area contributed by atoms with E-state index in [1.807, 2.05) is 25.3 Å². The van der Waals surface area contributed by atoms with Crippen LogP contribution >= 0.6 is 12.2 Å². The van der Waals surface area contributed by atoms with E-state index in [4.69, 9.17) is 22.7 Å². The van der Waals surface area contributed by atoms with Gasteiger partial charge in [-0.2, -0.15) is 5.26 Å². The first-order chi connectivity index (χ1) is 11.1. The van der Waals surface area contributed by atoms with Crippen molar-refractivity contribution < 1.29 is 4.74 Å². The fourth-order valence-corrected chi connectivity index (χ4v) is 2.86. The van der Waals surface area contributed by atoms with E-state index in [-0.39, 0.29) is 4.99 Å². The van der Waals surface area contributed by atoms with Crippen LogP contribution in [0.2, 0.25) is 0 Å². The van der Waals surface area contributed by atoms with Crippen molar-refractivity contribution in [2.45, 2.75) is 13.3 Å². The van der Waals surface area contributed by atoms with Crippen molar-refractivity contribution in [3.63, 3.8) is 0 Å². The average molecular weight is 331 g/mol. The maximum atomic E-state index is 9.21. The lowest BCUT2D eigenvalue weighted by molar-refractivity contribution is 0.369. The number of nitrogens with two attached hydrogens (primary N) is 1. The quantitative estimate of drug-likeness (QED) is 0.511. The van der Waals surface area contributed by atoms with E-state index >= 15 is 0 Å². The van der Waals surface area contributed by atoms with E-state index in [1.54, 1.807) is 7.11 Å². The number of anilines is 1. The average Bonchev–Trinajstić information content (AvgIpc) is 2.81. The zero-order valence-electron chi connectivity index (χ0n) is 13.5. The van der Waals surface area contributed by atoms with Gasteiger partial charge < -0.3 is 20.3 Å². The fraction of sp³-hybridized carbons (Fsp3) is 0.438. The van der Waals surface area contributed by atoms with Gasteiger partial charge in [-0.05, 0) is 19.4 Å². The summed E-state index contributed by atoms with van der Waals surface area (Å²) in [5.41, 5.74) is 7.97. The summed E-state index contributed by atoms with van der Waals surface area (Å²) in [5, 5.41) is 9.21. The minimum atomic E-state index is 0.158. The maximum Gasteiger partial charge on any atom is 0.213 e. The number of pyridine rings is 1. The van der Waals surface area contributed by atoms with E-state index in [0.717, 1.165) is 44.0 Å². The molecule has 2 N–H and O–H groups in total. The van der Waals surface area contributed by atoms with Gasteiger partial charge in [-0.3, -0.25) is 0 Å². The molecule has 2 heterocycles. The lowest BCUT2D eigenvalue weighted by Gasteiger charge is -2.25. The number of allylic oxidation sites excluding steroid dienone is 1. The number of rotatable bonds is 4. The third-order valence-electron chi connectivity index (χ3n) is 3.99. The fourth-order valence-electron chi connectivity index (χ4n) is 2.66. The van der Waals surface area contributed by atoms with E-state index in [1.165, 1.54) is 0 Å². The largest absolute Gasteiger partial charge is 0.481 e. The monoisotopic (exact) mass is 331 g/mol. The van der Waals surface area contributed by atoms with Gasteiger partial charge in [0.05, 0.1) is 19.0 Å². The summed E-state index contributed by atoms with van der Waals surface area (Å²) in [5.74, 6) is 0.610. The van der Waals surface area contributed by atoms with Gasteiger partial charge in [0, 0.05) is 37.9 Å². The number of ether oxygens (including phenoxy) is 1. The summed E-state index contributed by atoms with van der Waals surface area (Å²) in [4.78, 5) is 8.88. The standard InChI is InChI=1S/C16H21N5OS/c1-12(14(10-17)16(18)23)20-6-3-7-21(9-8-20)13-4-5-15(22-2)19-11-13/h4-5,11H,3,6-9H2,1-2H3,(H2,18,23). The second-order valence-corrected chi connectivity index (χ2v) is 5.76. The molecule has 1 aromatic rings. The molecule has 1 fully saturated rings. The Kier molecular flexibility index (Phi) is 5.77. The van der Waals surface area contributed by atoms with Gasteiger partial charge in [0.15, 0.2) is 0 Å². The molecular formula is C16H21N5OS. The minimum Gasteiger partial charge on any atom is -0.481 e. The van der Waals surface area contributed by atoms with Crippen molar-refractivity contribution in [2.75, 3.05) is 38.2 Å². The van der Waals surface area contributed by atoms with Gasteiger partial charge in [-0.25, -0.2) is 4.98 Å². The highest BCUT2D eigenvalue weighted by Gasteiger charge is 2.18. The van der Waals surface area contributed by atoms with Crippen molar-refractivity contribution >= 4 is 22.9 Å². The molecule has 0 saturated carbocycles. The Morgan fingerprint density at radius 1 is 1.35 bits per heavy atom. The lowest BCUT2D eigenvalue weighted by Crippen LogP contribution is -2.31. The van der Waals surface area contributed by atoms with Crippen LogP contribution in [0.25, 0.3) is 0 Å². The van der Waals surface area contributed by atoms with Crippen LogP contribution in [-0.2, 0) is 0 Å². The second-order valence-electron chi connectivity index (χ2n) is 5.32. The highest BCUT2D eigenvalue weighted by molar-refractivity contribution is 7.80. The Morgan fingerprint density at radius 3 is 2.70 bits per heavy atom. The van der Waals surface area contributed by atoms with E-state index in [0.29, 0.717) is 11.5 Å². The molecule has 1 aromatic heterocycles. The summed E-state index contributed by atoms with van der Waals surface area (Å²) in [6, 6.07) is 5.99. The summed E-state index contributed by atoms with van der Waals surface area (Å²) >= 11 is 4.96. The third-order valence-corrected chi connectivity index (χ3v) is 4.19. The maximum absolute atomic E-state index is 9.21. The van der Waals surface area contributed by atoms with Crippen molar-refractivity contribution in [1.82, 2.24) is 9.88 Å². The predicted molar refractivity (Wildman–Crippen MR) is 94.3 cm³/mol. The van der Waals surface area contributed by atoms with Crippen LogP contribution in [0.15, 0.2) is 29.6 Å². The smallest absolute Gasteiger partial charge is 0.213 e. The molecule has 7 heteroatoms. The number of nitriles is 1. The SMILES string of the molecule is COc1ccc(N2CCCN(C(C)=C(C#N)C(N)=S)CC2)cn1. The van der Waals surface area contributed by atoms with Crippen molar-refractivity contribution in [3.05, 3.63) is 29.6 Å². The Bertz CT molecular complexity index is 635. The van der Waals surface area contributed by atoms with Crippen LogP contribution in [0.4, 0.5) is 5.69 Å². The second kappa shape index (κ2) is 7.79. The molecule has 1 aliphatic rings. The zero-order valence-corrected chi connectivity index (χ0v) is 14.3. The highest BCUT2D eigenvalue weighted by Crippen LogP contribution is 2.20. The molecule has 0 radical (unpaired) electrons. The van der Waals surface area contributed by atoms with Crippen molar-refractivity contribution in [2.24, 2.45) is 5.73 Å². The number of aromatic nitrogens is 1. The molecule has 0 aliphatic carbocycles. The van der Waals surface area contributed by atoms with Gasteiger partial charge in [-0.1, -0.05) is 12.2 Å². The van der Waals surface area contributed by atoms with Gasteiger partial charge in [0.1, 0.15) is 16.6 Å². The van der Waals surface area contributed by atoms with Crippen LogP contribution in [0.5, 0.6) is 5.88 Å². The van der Waals surface area contributed by atoms with Gasteiger partial charge in [0.25, 0.3) is 0 Å². The molecule has 0 bridgehead atoms. The number of hydrogen-bond donors (Lipinski definition) is 1. The van der Waals surface area contributed by atoms with Crippen LogP contribution in [0, 0.1) is 11.3 Å². The summed E-state index contributed by atoms with van der Waals surface area (Å²) in [6.45, 7) is 5.38. The predicted octanol–water partition coefficient (Wildman–Crippen LogP) is 1.69. The molecule has 122 valence electrons. The molecule has 0 spiro atoms. The first-order valence-corrected chi connectivity index (χ1v) is 7.88. The van der Waals surface area contributed by atoms with E-state index in [9.17, 15) is 5.26 Å². The molecule has 0 unspecified atom stereocenters. The van der Waals surface area contributed by atoms with Gasteiger partial charge >= 0.3 is 0 Å². The Morgan fingerprint density at radius 2 is 2.13 bits per heavy atom. The van der Waals surface area contributed by atoms with Crippen LogP contribution in [0.3, 0.4) is 0 Å². The molecule has 6 nitrogen and oxygen atoms in total. The van der Waals surface area contributed by atoms with Gasteiger partial charge in [0.2, 0.25) is 5.88 Å².